The van der Waals surface area contributed by atoms with Gasteiger partial charge < -0.3 is 10.1 Å². The van der Waals surface area contributed by atoms with E-state index < -0.39 is 0 Å². The molecular formula is C14H20ClNO. The van der Waals surface area contributed by atoms with Crippen molar-refractivity contribution in [1.82, 2.24) is 5.32 Å². The van der Waals surface area contributed by atoms with Gasteiger partial charge in [-0.05, 0) is 55.5 Å². The summed E-state index contributed by atoms with van der Waals surface area (Å²) in [6, 6.07) is 6.15. The Bertz CT molecular complexity index is 374. The number of methoxy groups -OCH3 is 1. The summed E-state index contributed by atoms with van der Waals surface area (Å²) in [5, 5.41) is 4.12. The lowest BCUT2D eigenvalue weighted by atomic mass is 9.82. The third kappa shape index (κ3) is 2.93. The highest BCUT2D eigenvalue weighted by Crippen LogP contribution is 2.34. The number of hydrogen-bond donors (Lipinski definition) is 1. The van der Waals surface area contributed by atoms with Crippen LogP contribution in [0, 0.1) is 5.92 Å². The van der Waals surface area contributed by atoms with Crippen molar-refractivity contribution in [1.29, 1.82) is 0 Å². The van der Waals surface area contributed by atoms with Crippen molar-refractivity contribution in [3.05, 3.63) is 28.8 Å². The molecule has 2 nitrogen and oxygen atoms in total. The first-order chi connectivity index (χ1) is 8.22. The quantitative estimate of drug-likeness (QED) is 0.891. The molecule has 0 amide bonds. The largest absolute Gasteiger partial charge is 0.495 e. The normalized spacial score (nSPS) is 19.0. The molecule has 1 aliphatic heterocycles. The fourth-order valence-corrected chi connectivity index (χ4v) is 2.85. The number of halogens is 1. The fourth-order valence-electron chi connectivity index (χ4n) is 2.58. The van der Waals surface area contributed by atoms with Crippen molar-refractivity contribution < 1.29 is 4.74 Å². The number of piperidine rings is 1. The van der Waals surface area contributed by atoms with Crippen LogP contribution in [0.1, 0.15) is 31.2 Å². The lowest BCUT2D eigenvalue weighted by Crippen LogP contribution is -2.30. The maximum atomic E-state index is 6.18. The predicted octanol–water partition coefficient (Wildman–Crippen LogP) is 3.45. The minimum Gasteiger partial charge on any atom is -0.495 e. The molecule has 2 rings (SSSR count). The van der Waals surface area contributed by atoms with Gasteiger partial charge in [-0.15, -0.1) is 0 Å². The molecule has 1 aliphatic rings. The van der Waals surface area contributed by atoms with Gasteiger partial charge >= 0.3 is 0 Å². The second kappa shape index (κ2) is 5.74. The summed E-state index contributed by atoms with van der Waals surface area (Å²) < 4.78 is 5.18. The van der Waals surface area contributed by atoms with Crippen molar-refractivity contribution >= 4 is 11.6 Å². The Kier molecular flexibility index (Phi) is 4.30. The topological polar surface area (TPSA) is 21.3 Å². The van der Waals surface area contributed by atoms with Crippen molar-refractivity contribution in [3.63, 3.8) is 0 Å². The van der Waals surface area contributed by atoms with Crippen LogP contribution in [-0.2, 0) is 0 Å². The zero-order valence-electron chi connectivity index (χ0n) is 10.5. The number of hydrogen-bond acceptors (Lipinski definition) is 2. The Hall–Kier alpha value is -0.730. The summed E-state index contributed by atoms with van der Waals surface area (Å²) in [7, 11) is 1.65. The molecule has 0 aliphatic carbocycles. The number of nitrogens with one attached hydrogen (secondary N) is 1. The third-order valence-corrected chi connectivity index (χ3v) is 4.09. The van der Waals surface area contributed by atoms with E-state index in [1.807, 2.05) is 12.1 Å². The van der Waals surface area contributed by atoms with Gasteiger partial charge in [-0.2, -0.15) is 0 Å². The van der Waals surface area contributed by atoms with E-state index in [0.29, 0.717) is 10.9 Å². The zero-order chi connectivity index (χ0) is 12.3. The Morgan fingerprint density at radius 1 is 1.35 bits per heavy atom. The van der Waals surface area contributed by atoms with Crippen molar-refractivity contribution in [2.24, 2.45) is 5.92 Å². The van der Waals surface area contributed by atoms with Crippen molar-refractivity contribution in [2.45, 2.75) is 25.7 Å². The average molecular weight is 254 g/mol. The van der Waals surface area contributed by atoms with E-state index in [1.165, 1.54) is 18.4 Å². The molecule has 0 radical (unpaired) electrons. The minimum atomic E-state index is 0.570. The molecule has 1 atom stereocenters. The van der Waals surface area contributed by atoms with Gasteiger partial charge in [0.2, 0.25) is 0 Å². The highest BCUT2D eigenvalue weighted by atomic mass is 35.5. The van der Waals surface area contributed by atoms with Crippen LogP contribution in [0.3, 0.4) is 0 Å². The number of benzene rings is 1. The van der Waals surface area contributed by atoms with E-state index in [-0.39, 0.29) is 0 Å². The number of ether oxygens (including phenoxy) is 1. The molecule has 1 aromatic carbocycles. The first kappa shape index (κ1) is 12.7. The van der Waals surface area contributed by atoms with Gasteiger partial charge in [0.15, 0.2) is 0 Å². The van der Waals surface area contributed by atoms with Crippen LogP contribution in [0.5, 0.6) is 5.75 Å². The zero-order valence-corrected chi connectivity index (χ0v) is 11.3. The van der Waals surface area contributed by atoms with E-state index in [0.717, 1.165) is 24.8 Å². The van der Waals surface area contributed by atoms with E-state index in [9.17, 15) is 0 Å². The van der Waals surface area contributed by atoms with Crippen LogP contribution < -0.4 is 10.1 Å². The second-order valence-corrected chi connectivity index (χ2v) is 5.18. The Labute approximate surface area is 108 Å². The molecule has 1 unspecified atom stereocenters. The van der Waals surface area contributed by atoms with E-state index >= 15 is 0 Å². The van der Waals surface area contributed by atoms with Gasteiger partial charge in [-0.1, -0.05) is 24.6 Å². The van der Waals surface area contributed by atoms with E-state index in [2.05, 4.69) is 18.3 Å². The summed E-state index contributed by atoms with van der Waals surface area (Å²) in [4.78, 5) is 0. The summed E-state index contributed by atoms with van der Waals surface area (Å²) >= 11 is 6.18. The van der Waals surface area contributed by atoms with Crippen LogP contribution in [0.2, 0.25) is 5.02 Å². The number of rotatable bonds is 3. The first-order valence-corrected chi connectivity index (χ1v) is 6.64. The van der Waals surface area contributed by atoms with Crippen molar-refractivity contribution in [2.75, 3.05) is 20.2 Å². The average Bonchev–Trinajstić information content (AvgIpc) is 2.39. The molecule has 17 heavy (non-hydrogen) atoms. The van der Waals surface area contributed by atoms with Gasteiger partial charge in [0.05, 0.1) is 12.1 Å². The highest BCUT2D eigenvalue weighted by molar-refractivity contribution is 6.32. The third-order valence-electron chi connectivity index (χ3n) is 3.79. The molecule has 1 saturated heterocycles. The van der Waals surface area contributed by atoms with Gasteiger partial charge in [0, 0.05) is 0 Å². The molecule has 1 N–H and O–H groups in total. The van der Waals surface area contributed by atoms with Gasteiger partial charge in [-0.3, -0.25) is 0 Å². The van der Waals surface area contributed by atoms with E-state index in [4.69, 9.17) is 16.3 Å². The molecular weight excluding hydrogens is 234 g/mol. The molecule has 0 aromatic heterocycles. The molecule has 0 spiro atoms. The smallest absolute Gasteiger partial charge is 0.137 e. The SMILES string of the molecule is COc1ccc(C(C)C2CCNCC2)cc1Cl. The predicted molar refractivity (Wildman–Crippen MR) is 72.0 cm³/mol. The van der Waals surface area contributed by atoms with Gasteiger partial charge in [0.25, 0.3) is 0 Å². The summed E-state index contributed by atoms with van der Waals surface area (Å²) in [6.07, 6.45) is 2.51. The standard InChI is InChI=1S/C14H20ClNO/c1-10(11-5-7-16-8-6-11)12-3-4-14(17-2)13(15)9-12/h3-4,9-11,16H,5-8H2,1-2H3. The summed E-state index contributed by atoms with van der Waals surface area (Å²) in [6.45, 7) is 4.58. The molecule has 94 valence electrons. The van der Waals surface area contributed by atoms with E-state index in [1.54, 1.807) is 7.11 Å². The van der Waals surface area contributed by atoms with Crippen LogP contribution in [0.4, 0.5) is 0 Å². The maximum absolute atomic E-state index is 6.18. The molecule has 1 fully saturated rings. The van der Waals surface area contributed by atoms with Gasteiger partial charge in [0.1, 0.15) is 5.75 Å². The van der Waals surface area contributed by atoms with Crippen LogP contribution in [-0.4, -0.2) is 20.2 Å². The molecule has 1 heterocycles. The maximum Gasteiger partial charge on any atom is 0.137 e. The van der Waals surface area contributed by atoms with Gasteiger partial charge in [-0.25, -0.2) is 0 Å². The molecule has 0 bridgehead atoms. The molecule has 0 saturated carbocycles. The monoisotopic (exact) mass is 253 g/mol. The highest BCUT2D eigenvalue weighted by Gasteiger charge is 2.21. The lowest BCUT2D eigenvalue weighted by Gasteiger charge is -2.28. The second-order valence-electron chi connectivity index (χ2n) is 4.77. The Morgan fingerprint density at radius 2 is 2.06 bits per heavy atom. The summed E-state index contributed by atoms with van der Waals surface area (Å²) in [5.74, 6) is 2.09. The Balaban J connectivity index is 2.12. The molecule has 3 heteroatoms. The Morgan fingerprint density at radius 3 is 2.65 bits per heavy atom. The van der Waals surface area contributed by atoms with Crippen LogP contribution >= 0.6 is 11.6 Å². The fraction of sp³-hybridized carbons (Fsp3) is 0.571. The van der Waals surface area contributed by atoms with Crippen LogP contribution in [0.25, 0.3) is 0 Å². The van der Waals surface area contributed by atoms with Crippen molar-refractivity contribution in [3.8, 4) is 5.75 Å². The van der Waals surface area contributed by atoms with Crippen LogP contribution in [0.15, 0.2) is 18.2 Å². The lowest BCUT2D eigenvalue weighted by molar-refractivity contribution is 0.330. The summed E-state index contributed by atoms with van der Waals surface area (Å²) in [5.41, 5.74) is 1.32. The molecule has 1 aromatic rings. The first-order valence-electron chi connectivity index (χ1n) is 6.26. The minimum absolute atomic E-state index is 0.570.